The Balaban J connectivity index is 1.98. The number of hydrogen-bond acceptors (Lipinski definition) is 2. The number of Topliss-reactive ketones (excluding diaryl/α,β-unsaturated/α-hetero) is 1. The van der Waals surface area contributed by atoms with E-state index in [0.29, 0.717) is 28.5 Å². The van der Waals surface area contributed by atoms with Crippen molar-refractivity contribution in [1.82, 2.24) is 0 Å². The Hall–Kier alpha value is -2.06. The highest BCUT2D eigenvalue weighted by Crippen LogP contribution is 2.27. The topological polar surface area (TPSA) is 26.3 Å². The number of para-hydroxylation sites is 1. The molecule has 0 saturated heterocycles. The lowest BCUT2D eigenvalue weighted by Crippen LogP contribution is -2.18. The van der Waals surface area contributed by atoms with Crippen LogP contribution in [0, 0.1) is 0 Å². The lowest BCUT2D eigenvalue weighted by Gasteiger charge is -2.18. The van der Waals surface area contributed by atoms with Crippen LogP contribution < -0.4 is 4.74 Å². The van der Waals surface area contributed by atoms with Gasteiger partial charge in [0.15, 0.2) is 5.78 Å². The Labute approximate surface area is 116 Å². The van der Waals surface area contributed by atoms with Crippen LogP contribution in [0.1, 0.15) is 15.9 Å². The second-order valence-electron chi connectivity index (χ2n) is 4.34. The number of ether oxygens (including phenoxy) is 1. The second kappa shape index (κ2) is 4.90. The van der Waals surface area contributed by atoms with E-state index in [9.17, 15) is 4.79 Å². The number of carbonyl (C=O) groups is 1. The fourth-order valence-electron chi connectivity index (χ4n) is 2.08. The zero-order valence-electron chi connectivity index (χ0n) is 10.1. The number of hydrogen-bond donors (Lipinski definition) is 0. The highest BCUT2D eigenvalue weighted by atomic mass is 35.5. The van der Waals surface area contributed by atoms with Crippen LogP contribution in [0.15, 0.2) is 54.1 Å². The maximum atomic E-state index is 12.3. The quantitative estimate of drug-likeness (QED) is 0.732. The summed E-state index contributed by atoms with van der Waals surface area (Å²) in [6.45, 7) is 0.294. The van der Waals surface area contributed by atoms with E-state index in [4.69, 9.17) is 16.3 Å². The molecule has 2 aromatic carbocycles. The van der Waals surface area contributed by atoms with E-state index in [1.165, 1.54) is 0 Å². The Morgan fingerprint density at radius 1 is 1.11 bits per heavy atom. The summed E-state index contributed by atoms with van der Waals surface area (Å²) in [5.41, 5.74) is 2.15. The van der Waals surface area contributed by atoms with E-state index >= 15 is 0 Å². The maximum absolute atomic E-state index is 12.3. The summed E-state index contributed by atoms with van der Waals surface area (Å²) in [6, 6.07) is 14.7. The average molecular weight is 271 g/mol. The van der Waals surface area contributed by atoms with Crippen LogP contribution in [0.4, 0.5) is 0 Å². The van der Waals surface area contributed by atoms with Crippen molar-refractivity contribution in [2.75, 3.05) is 6.61 Å². The van der Waals surface area contributed by atoms with Gasteiger partial charge in [-0.15, -0.1) is 0 Å². The Morgan fingerprint density at radius 3 is 2.79 bits per heavy atom. The molecule has 0 unspecified atom stereocenters. The van der Waals surface area contributed by atoms with Crippen molar-refractivity contribution < 1.29 is 9.53 Å². The summed E-state index contributed by atoms with van der Waals surface area (Å²) >= 11 is 5.93. The zero-order valence-corrected chi connectivity index (χ0v) is 10.9. The molecule has 1 heterocycles. The lowest BCUT2D eigenvalue weighted by molar-refractivity contribution is 0.100. The lowest BCUT2D eigenvalue weighted by atomic mass is 9.98. The SMILES string of the molecule is O=C1/C(=C/c2cccc(Cl)c2)COc2ccccc21. The van der Waals surface area contributed by atoms with Gasteiger partial charge in [-0.2, -0.15) is 0 Å². The summed E-state index contributed by atoms with van der Waals surface area (Å²) < 4.78 is 5.59. The van der Waals surface area contributed by atoms with E-state index in [1.54, 1.807) is 12.1 Å². The highest BCUT2D eigenvalue weighted by molar-refractivity contribution is 6.30. The number of rotatable bonds is 1. The molecule has 0 radical (unpaired) electrons. The van der Waals surface area contributed by atoms with Gasteiger partial charge >= 0.3 is 0 Å². The molecule has 2 aromatic rings. The molecule has 0 N–H and O–H groups in total. The predicted molar refractivity (Wildman–Crippen MR) is 75.7 cm³/mol. The average Bonchev–Trinajstić information content (AvgIpc) is 2.42. The molecule has 94 valence electrons. The van der Waals surface area contributed by atoms with E-state index in [2.05, 4.69) is 0 Å². The molecule has 0 bridgehead atoms. The first-order valence-corrected chi connectivity index (χ1v) is 6.34. The molecule has 0 amide bonds. The molecule has 0 aromatic heterocycles. The maximum Gasteiger partial charge on any atom is 0.196 e. The van der Waals surface area contributed by atoms with Crippen molar-refractivity contribution in [3.8, 4) is 5.75 Å². The summed E-state index contributed by atoms with van der Waals surface area (Å²) in [5, 5.41) is 0.652. The largest absolute Gasteiger partial charge is 0.488 e. The van der Waals surface area contributed by atoms with Gasteiger partial charge in [0.25, 0.3) is 0 Å². The van der Waals surface area contributed by atoms with Gasteiger partial charge in [-0.3, -0.25) is 4.79 Å². The molecule has 3 rings (SSSR count). The van der Waals surface area contributed by atoms with Crippen molar-refractivity contribution in [2.24, 2.45) is 0 Å². The molecule has 0 saturated carbocycles. The monoisotopic (exact) mass is 270 g/mol. The van der Waals surface area contributed by atoms with E-state index in [-0.39, 0.29) is 5.78 Å². The number of benzene rings is 2. The Bertz CT molecular complexity index is 674. The van der Waals surface area contributed by atoms with Crippen molar-refractivity contribution in [3.63, 3.8) is 0 Å². The minimum Gasteiger partial charge on any atom is -0.488 e. The summed E-state index contributed by atoms with van der Waals surface area (Å²) in [5.74, 6) is 0.664. The third-order valence-electron chi connectivity index (χ3n) is 3.00. The predicted octanol–water partition coefficient (Wildman–Crippen LogP) is 4.00. The molecule has 1 aliphatic rings. The molecule has 0 atom stereocenters. The van der Waals surface area contributed by atoms with E-state index in [1.807, 2.05) is 42.5 Å². The minimum atomic E-state index is 0.0156. The van der Waals surface area contributed by atoms with Crippen LogP contribution in [0.3, 0.4) is 0 Å². The Morgan fingerprint density at radius 2 is 1.95 bits per heavy atom. The van der Waals surface area contributed by atoms with Crippen LogP contribution in [0.5, 0.6) is 5.75 Å². The smallest absolute Gasteiger partial charge is 0.196 e. The van der Waals surface area contributed by atoms with Gasteiger partial charge in [-0.25, -0.2) is 0 Å². The van der Waals surface area contributed by atoms with Gasteiger partial charge in [0.05, 0.1) is 5.56 Å². The van der Waals surface area contributed by atoms with Crippen LogP contribution in [0.25, 0.3) is 6.08 Å². The first-order chi connectivity index (χ1) is 9.24. The van der Waals surface area contributed by atoms with Crippen LogP contribution >= 0.6 is 11.6 Å². The fraction of sp³-hybridized carbons (Fsp3) is 0.0625. The molecule has 1 aliphatic heterocycles. The van der Waals surface area contributed by atoms with Crippen LogP contribution in [-0.2, 0) is 0 Å². The van der Waals surface area contributed by atoms with Gasteiger partial charge in [0.1, 0.15) is 12.4 Å². The second-order valence-corrected chi connectivity index (χ2v) is 4.77. The van der Waals surface area contributed by atoms with Gasteiger partial charge in [0, 0.05) is 10.6 Å². The third-order valence-corrected chi connectivity index (χ3v) is 3.23. The van der Waals surface area contributed by atoms with Crippen LogP contribution in [0.2, 0.25) is 5.02 Å². The molecule has 19 heavy (non-hydrogen) atoms. The van der Waals surface area contributed by atoms with Crippen molar-refractivity contribution in [1.29, 1.82) is 0 Å². The van der Waals surface area contributed by atoms with Crippen molar-refractivity contribution in [3.05, 3.63) is 70.3 Å². The fourth-order valence-corrected chi connectivity index (χ4v) is 2.28. The van der Waals surface area contributed by atoms with Gasteiger partial charge < -0.3 is 4.74 Å². The Kier molecular flexibility index (Phi) is 3.10. The van der Waals surface area contributed by atoms with Crippen molar-refractivity contribution >= 4 is 23.5 Å². The summed E-state index contributed by atoms with van der Waals surface area (Å²) in [4.78, 5) is 12.3. The molecular formula is C16H11ClO2. The van der Waals surface area contributed by atoms with Gasteiger partial charge in [-0.1, -0.05) is 35.9 Å². The molecule has 3 heteroatoms. The minimum absolute atomic E-state index is 0.0156. The third kappa shape index (κ3) is 2.40. The summed E-state index contributed by atoms with van der Waals surface area (Å²) in [7, 11) is 0. The first kappa shape index (κ1) is 12.0. The number of carbonyl (C=O) groups excluding carboxylic acids is 1. The van der Waals surface area contributed by atoms with Gasteiger partial charge in [0.2, 0.25) is 0 Å². The standard InChI is InChI=1S/C16H11ClO2/c17-13-5-3-4-11(9-13)8-12-10-19-15-7-2-1-6-14(15)16(12)18/h1-9H,10H2/b12-8+. The van der Waals surface area contributed by atoms with Gasteiger partial charge in [-0.05, 0) is 35.9 Å². The number of fused-ring (bicyclic) bond motifs is 1. The first-order valence-electron chi connectivity index (χ1n) is 5.97. The van der Waals surface area contributed by atoms with Crippen molar-refractivity contribution in [2.45, 2.75) is 0 Å². The summed E-state index contributed by atoms with van der Waals surface area (Å²) in [6.07, 6.45) is 1.82. The number of halogens is 1. The molecule has 0 aliphatic carbocycles. The molecule has 2 nitrogen and oxygen atoms in total. The highest BCUT2D eigenvalue weighted by Gasteiger charge is 2.22. The zero-order chi connectivity index (χ0) is 13.2. The van der Waals surface area contributed by atoms with E-state index in [0.717, 1.165) is 5.56 Å². The molecule has 0 fully saturated rings. The normalized spacial score (nSPS) is 16.1. The number of ketones is 1. The molecular weight excluding hydrogens is 260 g/mol. The van der Waals surface area contributed by atoms with Crippen LogP contribution in [-0.4, -0.2) is 12.4 Å². The molecule has 0 spiro atoms. The van der Waals surface area contributed by atoms with E-state index < -0.39 is 0 Å².